The molecule has 0 saturated carbocycles. The summed E-state index contributed by atoms with van der Waals surface area (Å²) in [6.07, 6.45) is 24.1. The van der Waals surface area contributed by atoms with Gasteiger partial charge in [0.15, 0.2) is 0 Å². The van der Waals surface area contributed by atoms with Crippen molar-refractivity contribution >= 4 is 5.97 Å². The highest BCUT2D eigenvalue weighted by molar-refractivity contribution is 5.69. The fraction of sp³-hybridized carbons (Fsp3) is 0.864. The van der Waals surface area contributed by atoms with Gasteiger partial charge in [0.25, 0.3) is 0 Å². The molecule has 3 heteroatoms. The topological polar surface area (TPSA) is 61.3 Å². The first-order valence-corrected chi connectivity index (χ1v) is 10.6. The number of esters is 1. The lowest BCUT2D eigenvalue weighted by molar-refractivity contribution is -0.143. The molecule has 0 aliphatic rings. The number of unbranched alkanes of at least 4 members (excludes halogenated alkanes) is 12. The largest absolute Gasteiger partial charge is 0.466 e. The van der Waals surface area contributed by atoms with Crippen LogP contribution in [0.3, 0.4) is 0 Å². The molecule has 0 atom stereocenters. The van der Waals surface area contributed by atoms with Gasteiger partial charge in [0.05, 0.1) is 6.61 Å². The standard InChI is InChI=1S/C22H42O2.H3N/c1-3-5-7-8-9-10-11-12-13-14-15-16-17-18-19-20-22(23)24-21-6-4-2;/h12-13H,3-11,14-21H2,1-2H3;1H3/b13-12-;. The Morgan fingerprint density at radius 1 is 0.680 bits per heavy atom. The Morgan fingerprint density at radius 3 is 1.72 bits per heavy atom. The Labute approximate surface area is 157 Å². The second kappa shape index (κ2) is 23.2. The van der Waals surface area contributed by atoms with Crippen LogP contribution in [0.5, 0.6) is 0 Å². The molecule has 0 heterocycles. The van der Waals surface area contributed by atoms with Crippen LogP contribution in [0.4, 0.5) is 0 Å². The SMILES string of the molecule is CCCCCCCC/C=C\CCCCCCCC(=O)OCCCC.N. The summed E-state index contributed by atoms with van der Waals surface area (Å²) in [4.78, 5) is 11.4. The fourth-order valence-electron chi connectivity index (χ4n) is 2.74. The van der Waals surface area contributed by atoms with Crippen molar-refractivity contribution in [2.75, 3.05) is 6.61 Å². The van der Waals surface area contributed by atoms with E-state index in [1.807, 2.05) is 0 Å². The van der Waals surface area contributed by atoms with Crippen molar-refractivity contribution < 1.29 is 9.53 Å². The normalized spacial score (nSPS) is 10.8. The monoisotopic (exact) mass is 355 g/mol. The molecule has 150 valence electrons. The van der Waals surface area contributed by atoms with E-state index < -0.39 is 0 Å². The number of carbonyl (C=O) groups is 1. The van der Waals surface area contributed by atoms with E-state index in [1.54, 1.807) is 0 Å². The van der Waals surface area contributed by atoms with Gasteiger partial charge in [-0.2, -0.15) is 0 Å². The molecule has 0 aliphatic heterocycles. The highest BCUT2D eigenvalue weighted by Gasteiger charge is 2.01. The van der Waals surface area contributed by atoms with Gasteiger partial charge in [-0.1, -0.05) is 83.8 Å². The van der Waals surface area contributed by atoms with Crippen LogP contribution >= 0.6 is 0 Å². The minimum Gasteiger partial charge on any atom is -0.466 e. The molecule has 0 fully saturated rings. The average molecular weight is 356 g/mol. The first-order valence-electron chi connectivity index (χ1n) is 10.6. The van der Waals surface area contributed by atoms with Crippen molar-refractivity contribution in [1.29, 1.82) is 0 Å². The zero-order valence-electron chi connectivity index (χ0n) is 17.2. The number of ether oxygens (including phenoxy) is 1. The maximum absolute atomic E-state index is 11.4. The van der Waals surface area contributed by atoms with Crippen molar-refractivity contribution in [1.82, 2.24) is 6.15 Å². The van der Waals surface area contributed by atoms with Gasteiger partial charge < -0.3 is 10.9 Å². The first kappa shape index (κ1) is 26.4. The van der Waals surface area contributed by atoms with Gasteiger partial charge in [0.2, 0.25) is 0 Å². The van der Waals surface area contributed by atoms with Crippen LogP contribution in [-0.4, -0.2) is 12.6 Å². The van der Waals surface area contributed by atoms with Crippen LogP contribution in [0, 0.1) is 0 Å². The van der Waals surface area contributed by atoms with Crippen LogP contribution in [0.15, 0.2) is 12.2 Å². The maximum atomic E-state index is 11.4. The van der Waals surface area contributed by atoms with Crippen molar-refractivity contribution in [3.63, 3.8) is 0 Å². The van der Waals surface area contributed by atoms with Crippen molar-refractivity contribution in [2.24, 2.45) is 0 Å². The molecule has 0 saturated heterocycles. The van der Waals surface area contributed by atoms with E-state index in [0.29, 0.717) is 13.0 Å². The van der Waals surface area contributed by atoms with Gasteiger partial charge in [-0.3, -0.25) is 4.79 Å². The number of carbonyl (C=O) groups excluding carboxylic acids is 1. The first-order chi connectivity index (χ1) is 11.8. The second-order valence-corrected chi connectivity index (χ2v) is 6.91. The third kappa shape index (κ3) is 23.2. The number of rotatable bonds is 18. The zero-order valence-corrected chi connectivity index (χ0v) is 17.2. The summed E-state index contributed by atoms with van der Waals surface area (Å²) in [7, 11) is 0. The highest BCUT2D eigenvalue weighted by atomic mass is 16.5. The van der Waals surface area contributed by atoms with Crippen molar-refractivity contribution in [2.45, 2.75) is 117 Å². The fourth-order valence-corrected chi connectivity index (χ4v) is 2.74. The van der Waals surface area contributed by atoms with E-state index in [1.165, 1.54) is 70.6 Å². The third-order valence-electron chi connectivity index (χ3n) is 4.40. The Morgan fingerprint density at radius 2 is 1.16 bits per heavy atom. The molecule has 0 aliphatic carbocycles. The Kier molecular flexibility index (Phi) is 24.5. The number of hydrogen-bond acceptors (Lipinski definition) is 3. The summed E-state index contributed by atoms with van der Waals surface area (Å²) in [6.45, 7) is 4.98. The van der Waals surface area contributed by atoms with Crippen molar-refractivity contribution in [3.05, 3.63) is 12.2 Å². The maximum Gasteiger partial charge on any atom is 0.305 e. The quantitative estimate of drug-likeness (QED) is 0.157. The predicted molar refractivity (Wildman–Crippen MR) is 110 cm³/mol. The zero-order chi connectivity index (χ0) is 17.7. The summed E-state index contributed by atoms with van der Waals surface area (Å²) in [6, 6.07) is 0. The van der Waals surface area contributed by atoms with Crippen molar-refractivity contribution in [3.8, 4) is 0 Å². The molecular formula is C22H45NO2. The summed E-state index contributed by atoms with van der Waals surface area (Å²) >= 11 is 0. The van der Waals surface area contributed by atoms with E-state index in [4.69, 9.17) is 4.74 Å². The minimum absolute atomic E-state index is 0. The van der Waals surface area contributed by atoms with Gasteiger partial charge in [-0.25, -0.2) is 0 Å². The van der Waals surface area contributed by atoms with Gasteiger partial charge in [0.1, 0.15) is 0 Å². The molecule has 0 bridgehead atoms. The molecule has 0 amide bonds. The lowest BCUT2D eigenvalue weighted by atomic mass is 10.1. The van der Waals surface area contributed by atoms with Crippen LogP contribution in [0.1, 0.15) is 117 Å². The number of hydrogen-bond donors (Lipinski definition) is 1. The smallest absolute Gasteiger partial charge is 0.305 e. The molecule has 0 aromatic rings. The van der Waals surface area contributed by atoms with E-state index in [2.05, 4.69) is 26.0 Å². The van der Waals surface area contributed by atoms with E-state index in [9.17, 15) is 4.79 Å². The van der Waals surface area contributed by atoms with Crippen LogP contribution in [-0.2, 0) is 9.53 Å². The lowest BCUT2D eigenvalue weighted by Crippen LogP contribution is -2.05. The average Bonchev–Trinajstić information content (AvgIpc) is 2.58. The molecule has 0 unspecified atom stereocenters. The van der Waals surface area contributed by atoms with Crippen LogP contribution < -0.4 is 6.15 Å². The molecule has 0 rings (SSSR count). The summed E-state index contributed by atoms with van der Waals surface area (Å²) < 4.78 is 5.15. The van der Waals surface area contributed by atoms with Gasteiger partial charge in [-0.15, -0.1) is 0 Å². The number of allylic oxidation sites excluding steroid dienone is 2. The van der Waals surface area contributed by atoms with Gasteiger partial charge in [0, 0.05) is 6.42 Å². The highest BCUT2D eigenvalue weighted by Crippen LogP contribution is 2.10. The van der Waals surface area contributed by atoms with Crippen LogP contribution in [0.2, 0.25) is 0 Å². The Balaban J connectivity index is 0. The molecule has 0 spiro atoms. The lowest BCUT2D eigenvalue weighted by Gasteiger charge is -2.03. The molecule has 0 aromatic carbocycles. The molecular weight excluding hydrogens is 310 g/mol. The summed E-state index contributed by atoms with van der Waals surface area (Å²) in [5, 5.41) is 0. The van der Waals surface area contributed by atoms with Gasteiger partial charge in [-0.05, 0) is 38.5 Å². The minimum atomic E-state index is -0.0129. The van der Waals surface area contributed by atoms with Gasteiger partial charge >= 0.3 is 5.97 Å². The Hall–Kier alpha value is -0.830. The molecule has 25 heavy (non-hydrogen) atoms. The third-order valence-corrected chi connectivity index (χ3v) is 4.40. The van der Waals surface area contributed by atoms with E-state index in [0.717, 1.165) is 25.7 Å². The predicted octanol–water partition coefficient (Wildman–Crippen LogP) is 7.53. The molecule has 0 radical (unpaired) electrons. The molecule has 3 N–H and O–H groups in total. The summed E-state index contributed by atoms with van der Waals surface area (Å²) in [5.74, 6) is -0.0129. The van der Waals surface area contributed by atoms with E-state index in [-0.39, 0.29) is 12.1 Å². The van der Waals surface area contributed by atoms with E-state index >= 15 is 0 Å². The Bertz CT molecular complexity index is 290. The molecule has 3 nitrogen and oxygen atoms in total. The summed E-state index contributed by atoms with van der Waals surface area (Å²) in [5.41, 5.74) is 0. The second-order valence-electron chi connectivity index (χ2n) is 6.91. The molecule has 0 aromatic heterocycles. The van der Waals surface area contributed by atoms with Crippen LogP contribution in [0.25, 0.3) is 0 Å².